The second-order valence-electron chi connectivity index (χ2n) is 5.12. The van der Waals surface area contributed by atoms with Crippen LogP contribution in [0.1, 0.15) is 31.1 Å². The lowest BCUT2D eigenvalue weighted by Crippen LogP contribution is -2.33. The summed E-state index contributed by atoms with van der Waals surface area (Å²) in [4.78, 5) is 13.1. The fraction of sp³-hybridized carbons (Fsp3) is 0.643. The number of thiophene rings is 1. The highest BCUT2D eigenvalue weighted by Crippen LogP contribution is 2.24. The summed E-state index contributed by atoms with van der Waals surface area (Å²) in [6, 6.07) is 4.07. The smallest absolute Gasteiger partial charge is 0.220 e. The third-order valence-electron chi connectivity index (χ3n) is 3.74. The summed E-state index contributed by atoms with van der Waals surface area (Å²) in [6.45, 7) is 5.09. The third-order valence-corrected chi connectivity index (χ3v) is 4.61. The van der Waals surface area contributed by atoms with Gasteiger partial charge in [-0.3, -0.25) is 4.79 Å². The molecule has 0 aliphatic carbocycles. The van der Waals surface area contributed by atoms with Crippen molar-refractivity contribution in [1.82, 2.24) is 10.6 Å². The SMILES string of the molecule is CC(CC(=O)NCc1cccs1)C1CCNCC1. The number of piperidine rings is 1. The van der Waals surface area contributed by atoms with E-state index >= 15 is 0 Å². The predicted molar refractivity (Wildman–Crippen MR) is 75.5 cm³/mol. The van der Waals surface area contributed by atoms with Crippen molar-refractivity contribution in [2.24, 2.45) is 11.8 Å². The van der Waals surface area contributed by atoms with Crippen molar-refractivity contribution in [3.8, 4) is 0 Å². The van der Waals surface area contributed by atoms with Crippen molar-refractivity contribution in [3.63, 3.8) is 0 Å². The van der Waals surface area contributed by atoms with Crippen LogP contribution in [0.4, 0.5) is 0 Å². The third kappa shape index (κ3) is 4.10. The summed E-state index contributed by atoms with van der Waals surface area (Å²) < 4.78 is 0. The molecule has 0 radical (unpaired) electrons. The van der Waals surface area contributed by atoms with Crippen LogP contribution in [0.15, 0.2) is 17.5 Å². The monoisotopic (exact) mass is 266 g/mol. The second kappa shape index (κ2) is 6.90. The standard InChI is InChI=1S/C14H22N2OS/c1-11(12-4-6-15-7-5-12)9-14(17)16-10-13-3-2-8-18-13/h2-3,8,11-12,15H,4-7,9-10H2,1H3,(H,16,17). The Bertz CT molecular complexity index is 358. The molecule has 1 aromatic heterocycles. The lowest BCUT2D eigenvalue weighted by Gasteiger charge is -2.27. The molecule has 1 amide bonds. The zero-order valence-corrected chi connectivity index (χ0v) is 11.8. The van der Waals surface area contributed by atoms with Crippen LogP contribution >= 0.6 is 11.3 Å². The lowest BCUT2D eigenvalue weighted by atomic mass is 9.84. The lowest BCUT2D eigenvalue weighted by molar-refractivity contribution is -0.122. The molecule has 2 N–H and O–H groups in total. The Balaban J connectivity index is 1.69. The van der Waals surface area contributed by atoms with Crippen LogP contribution in [0, 0.1) is 11.8 Å². The van der Waals surface area contributed by atoms with E-state index in [1.807, 2.05) is 11.4 Å². The topological polar surface area (TPSA) is 41.1 Å². The van der Waals surface area contributed by atoms with Crippen molar-refractivity contribution in [1.29, 1.82) is 0 Å². The number of hydrogen-bond donors (Lipinski definition) is 2. The first-order valence-electron chi connectivity index (χ1n) is 6.75. The molecule has 0 saturated carbocycles. The quantitative estimate of drug-likeness (QED) is 0.859. The first kappa shape index (κ1) is 13.6. The van der Waals surface area contributed by atoms with Gasteiger partial charge < -0.3 is 10.6 Å². The Hall–Kier alpha value is -0.870. The van der Waals surface area contributed by atoms with Crippen molar-refractivity contribution in [2.75, 3.05) is 13.1 Å². The zero-order valence-electron chi connectivity index (χ0n) is 10.9. The van der Waals surface area contributed by atoms with E-state index in [1.54, 1.807) is 11.3 Å². The molecule has 1 fully saturated rings. The van der Waals surface area contributed by atoms with Crippen LogP contribution in [-0.2, 0) is 11.3 Å². The Kier molecular flexibility index (Phi) is 5.20. The first-order chi connectivity index (χ1) is 8.75. The number of carbonyl (C=O) groups is 1. The van der Waals surface area contributed by atoms with E-state index in [0.29, 0.717) is 24.8 Å². The van der Waals surface area contributed by atoms with Gasteiger partial charge in [0.25, 0.3) is 0 Å². The Labute approximate surface area is 113 Å². The molecule has 2 rings (SSSR count). The molecular formula is C14H22N2OS. The largest absolute Gasteiger partial charge is 0.351 e. The van der Waals surface area contributed by atoms with Gasteiger partial charge in [-0.1, -0.05) is 13.0 Å². The molecule has 3 nitrogen and oxygen atoms in total. The summed E-state index contributed by atoms with van der Waals surface area (Å²) in [7, 11) is 0. The fourth-order valence-corrected chi connectivity index (χ4v) is 3.19. The molecule has 0 aromatic carbocycles. The molecule has 2 heterocycles. The van der Waals surface area contributed by atoms with E-state index in [0.717, 1.165) is 13.1 Å². The zero-order chi connectivity index (χ0) is 12.8. The van der Waals surface area contributed by atoms with E-state index in [2.05, 4.69) is 23.6 Å². The Morgan fingerprint density at radius 3 is 3.00 bits per heavy atom. The molecule has 0 spiro atoms. The van der Waals surface area contributed by atoms with Crippen LogP contribution < -0.4 is 10.6 Å². The number of amides is 1. The van der Waals surface area contributed by atoms with Crippen LogP contribution in [0.2, 0.25) is 0 Å². The van der Waals surface area contributed by atoms with E-state index < -0.39 is 0 Å². The summed E-state index contributed by atoms with van der Waals surface area (Å²) in [6.07, 6.45) is 3.08. The molecule has 1 saturated heterocycles. The van der Waals surface area contributed by atoms with E-state index in [-0.39, 0.29) is 5.91 Å². The van der Waals surface area contributed by atoms with E-state index in [4.69, 9.17) is 0 Å². The fourth-order valence-electron chi connectivity index (χ4n) is 2.54. The van der Waals surface area contributed by atoms with Gasteiger partial charge in [0.2, 0.25) is 5.91 Å². The summed E-state index contributed by atoms with van der Waals surface area (Å²) in [5.41, 5.74) is 0. The molecule has 1 aliphatic heterocycles. The highest BCUT2D eigenvalue weighted by atomic mass is 32.1. The first-order valence-corrected chi connectivity index (χ1v) is 7.63. The maximum Gasteiger partial charge on any atom is 0.220 e. The minimum atomic E-state index is 0.189. The van der Waals surface area contributed by atoms with Crippen LogP contribution in [-0.4, -0.2) is 19.0 Å². The number of hydrogen-bond acceptors (Lipinski definition) is 3. The van der Waals surface area contributed by atoms with Crippen molar-refractivity contribution in [3.05, 3.63) is 22.4 Å². The van der Waals surface area contributed by atoms with Gasteiger partial charge in [-0.2, -0.15) is 0 Å². The average molecular weight is 266 g/mol. The number of rotatable bonds is 5. The molecule has 18 heavy (non-hydrogen) atoms. The minimum absolute atomic E-state index is 0.189. The van der Waals surface area contributed by atoms with Gasteiger partial charge in [0.05, 0.1) is 6.54 Å². The van der Waals surface area contributed by atoms with Gasteiger partial charge in [-0.05, 0) is 49.2 Å². The van der Waals surface area contributed by atoms with E-state index in [9.17, 15) is 4.79 Å². The van der Waals surface area contributed by atoms with Gasteiger partial charge in [0.1, 0.15) is 0 Å². The Morgan fingerprint density at radius 1 is 1.56 bits per heavy atom. The maximum atomic E-state index is 11.9. The van der Waals surface area contributed by atoms with Crippen molar-refractivity contribution < 1.29 is 4.79 Å². The molecule has 4 heteroatoms. The number of carbonyl (C=O) groups excluding carboxylic acids is 1. The molecular weight excluding hydrogens is 244 g/mol. The molecule has 1 unspecified atom stereocenters. The van der Waals surface area contributed by atoms with Crippen molar-refractivity contribution >= 4 is 17.2 Å². The molecule has 0 bridgehead atoms. The normalized spacial score (nSPS) is 18.5. The molecule has 1 aromatic rings. The van der Waals surface area contributed by atoms with Crippen LogP contribution in [0.3, 0.4) is 0 Å². The number of nitrogens with one attached hydrogen (secondary N) is 2. The van der Waals surface area contributed by atoms with Gasteiger partial charge in [0.15, 0.2) is 0 Å². The highest BCUT2D eigenvalue weighted by Gasteiger charge is 2.21. The summed E-state index contributed by atoms with van der Waals surface area (Å²) in [5, 5.41) is 8.42. The molecule has 1 atom stereocenters. The van der Waals surface area contributed by atoms with Gasteiger partial charge in [-0.25, -0.2) is 0 Å². The van der Waals surface area contributed by atoms with Crippen molar-refractivity contribution in [2.45, 2.75) is 32.7 Å². The Morgan fingerprint density at radius 2 is 2.33 bits per heavy atom. The second-order valence-corrected chi connectivity index (χ2v) is 6.16. The molecule has 1 aliphatic rings. The van der Waals surface area contributed by atoms with Gasteiger partial charge >= 0.3 is 0 Å². The highest BCUT2D eigenvalue weighted by molar-refractivity contribution is 7.09. The van der Waals surface area contributed by atoms with Crippen LogP contribution in [0.5, 0.6) is 0 Å². The average Bonchev–Trinajstić information content (AvgIpc) is 2.90. The summed E-state index contributed by atoms with van der Waals surface area (Å²) in [5.74, 6) is 1.39. The summed E-state index contributed by atoms with van der Waals surface area (Å²) >= 11 is 1.69. The van der Waals surface area contributed by atoms with Gasteiger partial charge in [-0.15, -0.1) is 11.3 Å². The molecule has 100 valence electrons. The van der Waals surface area contributed by atoms with Crippen LogP contribution in [0.25, 0.3) is 0 Å². The predicted octanol–water partition coefficient (Wildman–Crippen LogP) is 2.39. The maximum absolute atomic E-state index is 11.9. The van der Waals surface area contributed by atoms with Gasteiger partial charge in [0, 0.05) is 11.3 Å². The minimum Gasteiger partial charge on any atom is -0.351 e. The van der Waals surface area contributed by atoms with E-state index in [1.165, 1.54) is 17.7 Å².